The van der Waals surface area contributed by atoms with Crippen molar-refractivity contribution in [2.75, 3.05) is 6.54 Å². The Morgan fingerprint density at radius 1 is 1.53 bits per heavy atom. The Bertz CT molecular complexity index is 543. The Labute approximate surface area is 112 Å². The minimum atomic E-state index is -0.176. The first-order chi connectivity index (χ1) is 9.06. The Balaban J connectivity index is 1.83. The molecule has 2 heterocycles. The maximum atomic E-state index is 11.7. The zero-order valence-corrected chi connectivity index (χ0v) is 11.5. The fraction of sp³-hybridized carbons (Fsp3) is 0.429. The van der Waals surface area contributed by atoms with Gasteiger partial charge in [0.25, 0.3) is 5.91 Å². The number of furan rings is 1. The van der Waals surface area contributed by atoms with Gasteiger partial charge in [0.15, 0.2) is 5.76 Å². The van der Waals surface area contributed by atoms with Crippen molar-refractivity contribution in [2.45, 2.75) is 27.3 Å². The van der Waals surface area contributed by atoms with E-state index in [9.17, 15) is 4.79 Å². The average molecular weight is 261 g/mol. The predicted octanol–water partition coefficient (Wildman–Crippen LogP) is 2.16. The fourth-order valence-electron chi connectivity index (χ4n) is 1.98. The first kappa shape index (κ1) is 13.4. The van der Waals surface area contributed by atoms with Crippen LogP contribution >= 0.6 is 0 Å². The summed E-state index contributed by atoms with van der Waals surface area (Å²) < 4.78 is 7.01. The molecule has 1 atom stereocenters. The minimum Gasteiger partial charge on any atom is -0.459 e. The maximum Gasteiger partial charge on any atom is 0.286 e. The van der Waals surface area contributed by atoms with Gasteiger partial charge in [0.2, 0.25) is 0 Å². The van der Waals surface area contributed by atoms with Crippen LogP contribution < -0.4 is 5.32 Å². The molecule has 5 heteroatoms. The lowest BCUT2D eigenvalue weighted by Gasteiger charge is -2.13. The highest BCUT2D eigenvalue weighted by Gasteiger charge is 2.11. The smallest absolute Gasteiger partial charge is 0.286 e. The van der Waals surface area contributed by atoms with E-state index in [1.54, 1.807) is 12.1 Å². The normalized spacial score (nSPS) is 12.4. The van der Waals surface area contributed by atoms with Gasteiger partial charge in [-0.05, 0) is 38.0 Å². The van der Waals surface area contributed by atoms with Crippen LogP contribution in [-0.2, 0) is 6.54 Å². The average Bonchev–Trinajstić information content (AvgIpc) is 2.97. The zero-order chi connectivity index (χ0) is 13.8. The molecule has 0 radical (unpaired) electrons. The van der Waals surface area contributed by atoms with E-state index in [-0.39, 0.29) is 5.91 Å². The van der Waals surface area contributed by atoms with Gasteiger partial charge < -0.3 is 9.73 Å². The number of carbonyl (C=O) groups is 1. The van der Waals surface area contributed by atoms with Crippen LogP contribution in [0.15, 0.2) is 28.9 Å². The van der Waals surface area contributed by atoms with Crippen LogP contribution in [-0.4, -0.2) is 22.2 Å². The highest BCUT2D eigenvalue weighted by molar-refractivity contribution is 5.91. The molecule has 0 saturated heterocycles. The van der Waals surface area contributed by atoms with Crippen LogP contribution in [0.1, 0.15) is 28.9 Å². The fourth-order valence-corrected chi connectivity index (χ4v) is 1.98. The van der Waals surface area contributed by atoms with E-state index in [1.807, 2.05) is 24.6 Å². The molecule has 0 saturated carbocycles. The van der Waals surface area contributed by atoms with Gasteiger partial charge in [-0.3, -0.25) is 9.48 Å². The number of rotatable bonds is 5. The molecule has 0 aliphatic heterocycles. The van der Waals surface area contributed by atoms with E-state index in [1.165, 1.54) is 6.26 Å². The van der Waals surface area contributed by atoms with Crippen molar-refractivity contribution < 1.29 is 9.21 Å². The first-order valence-electron chi connectivity index (χ1n) is 6.39. The number of aryl methyl sites for hydroxylation is 2. The van der Waals surface area contributed by atoms with Crippen LogP contribution in [0.2, 0.25) is 0 Å². The molecule has 0 aliphatic rings. The molecule has 19 heavy (non-hydrogen) atoms. The molecule has 0 aromatic carbocycles. The van der Waals surface area contributed by atoms with E-state index in [4.69, 9.17) is 4.42 Å². The summed E-state index contributed by atoms with van der Waals surface area (Å²) in [6.45, 7) is 7.48. The Kier molecular flexibility index (Phi) is 4.04. The van der Waals surface area contributed by atoms with Crippen molar-refractivity contribution in [3.8, 4) is 0 Å². The third kappa shape index (κ3) is 3.47. The number of nitrogens with zero attached hydrogens (tertiary/aromatic N) is 2. The standard InChI is InChI=1S/C14H19N3O2/c1-10(9-17-12(3)7-11(2)16-17)8-15-14(18)13-5-4-6-19-13/h4-7,10H,8-9H2,1-3H3,(H,15,18)/t10-/m0/s1. The summed E-state index contributed by atoms with van der Waals surface area (Å²) in [5, 5.41) is 7.27. The van der Waals surface area contributed by atoms with Crippen molar-refractivity contribution in [3.63, 3.8) is 0 Å². The van der Waals surface area contributed by atoms with E-state index < -0.39 is 0 Å². The van der Waals surface area contributed by atoms with E-state index >= 15 is 0 Å². The van der Waals surface area contributed by atoms with Gasteiger partial charge in [0, 0.05) is 18.8 Å². The highest BCUT2D eigenvalue weighted by Crippen LogP contribution is 2.06. The molecule has 102 valence electrons. The number of carbonyl (C=O) groups excluding carboxylic acids is 1. The molecule has 0 aliphatic carbocycles. The second-order valence-electron chi connectivity index (χ2n) is 4.90. The minimum absolute atomic E-state index is 0.176. The Morgan fingerprint density at radius 3 is 2.89 bits per heavy atom. The second-order valence-corrected chi connectivity index (χ2v) is 4.90. The van der Waals surface area contributed by atoms with Crippen LogP contribution in [0.4, 0.5) is 0 Å². The van der Waals surface area contributed by atoms with Gasteiger partial charge in [-0.1, -0.05) is 6.92 Å². The number of nitrogens with one attached hydrogen (secondary N) is 1. The maximum absolute atomic E-state index is 11.7. The summed E-state index contributed by atoms with van der Waals surface area (Å²) in [5.41, 5.74) is 2.16. The summed E-state index contributed by atoms with van der Waals surface area (Å²) in [5.74, 6) is 0.473. The van der Waals surface area contributed by atoms with Crippen LogP contribution in [0.3, 0.4) is 0 Å². The van der Waals surface area contributed by atoms with Gasteiger partial charge in [-0.25, -0.2) is 0 Å². The monoisotopic (exact) mass is 261 g/mol. The van der Waals surface area contributed by atoms with E-state index in [0.29, 0.717) is 18.2 Å². The van der Waals surface area contributed by atoms with Gasteiger partial charge in [-0.15, -0.1) is 0 Å². The molecule has 0 spiro atoms. The molecule has 1 amide bonds. The van der Waals surface area contributed by atoms with Gasteiger partial charge in [0.05, 0.1) is 12.0 Å². The SMILES string of the molecule is Cc1cc(C)n(C[C@@H](C)CNC(=O)c2ccco2)n1. The van der Waals surface area contributed by atoms with Crippen LogP contribution in [0.5, 0.6) is 0 Å². The Hall–Kier alpha value is -2.04. The molecular formula is C14H19N3O2. The van der Waals surface area contributed by atoms with Gasteiger partial charge in [0.1, 0.15) is 0 Å². The molecule has 1 N–H and O–H groups in total. The Morgan fingerprint density at radius 2 is 2.32 bits per heavy atom. The molecule has 2 rings (SSSR count). The number of aromatic nitrogens is 2. The summed E-state index contributed by atoms with van der Waals surface area (Å²) in [4.78, 5) is 11.7. The molecule has 0 fully saturated rings. The van der Waals surface area contributed by atoms with Gasteiger partial charge in [-0.2, -0.15) is 5.10 Å². The molecule has 2 aromatic heterocycles. The van der Waals surface area contributed by atoms with Gasteiger partial charge >= 0.3 is 0 Å². The second kappa shape index (κ2) is 5.73. The van der Waals surface area contributed by atoms with Crippen molar-refractivity contribution in [2.24, 2.45) is 5.92 Å². The largest absolute Gasteiger partial charge is 0.459 e. The zero-order valence-electron chi connectivity index (χ0n) is 11.5. The van der Waals surface area contributed by atoms with Crippen LogP contribution in [0.25, 0.3) is 0 Å². The molecule has 2 aromatic rings. The number of hydrogen-bond acceptors (Lipinski definition) is 3. The first-order valence-corrected chi connectivity index (χ1v) is 6.39. The lowest BCUT2D eigenvalue weighted by atomic mass is 10.2. The summed E-state index contributed by atoms with van der Waals surface area (Å²) in [7, 11) is 0. The summed E-state index contributed by atoms with van der Waals surface area (Å²) in [6.07, 6.45) is 1.49. The van der Waals surface area contributed by atoms with Crippen molar-refractivity contribution in [1.82, 2.24) is 15.1 Å². The van der Waals surface area contributed by atoms with Crippen molar-refractivity contribution >= 4 is 5.91 Å². The van der Waals surface area contributed by atoms with Crippen molar-refractivity contribution in [3.05, 3.63) is 41.6 Å². The highest BCUT2D eigenvalue weighted by atomic mass is 16.3. The van der Waals surface area contributed by atoms with E-state index in [0.717, 1.165) is 17.9 Å². The lowest BCUT2D eigenvalue weighted by molar-refractivity contribution is 0.0918. The molecule has 0 bridgehead atoms. The summed E-state index contributed by atoms with van der Waals surface area (Å²) in [6, 6.07) is 5.41. The van der Waals surface area contributed by atoms with E-state index in [2.05, 4.69) is 17.3 Å². The predicted molar refractivity (Wildman–Crippen MR) is 71.9 cm³/mol. The van der Waals surface area contributed by atoms with Crippen molar-refractivity contribution in [1.29, 1.82) is 0 Å². The number of hydrogen-bond donors (Lipinski definition) is 1. The molecule has 0 unspecified atom stereocenters. The summed E-state index contributed by atoms with van der Waals surface area (Å²) >= 11 is 0. The number of amides is 1. The quantitative estimate of drug-likeness (QED) is 0.897. The molecular weight excluding hydrogens is 242 g/mol. The molecule has 5 nitrogen and oxygen atoms in total. The topological polar surface area (TPSA) is 60.1 Å². The lowest BCUT2D eigenvalue weighted by Crippen LogP contribution is -2.30. The third-order valence-electron chi connectivity index (χ3n) is 2.94. The third-order valence-corrected chi connectivity index (χ3v) is 2.94. The van der Waals surface area contributed by atoms with Crippen LogP contribution in [0, 0.1) is 19.8 Å².